The van der Waals surface area contributed by atoms with Crippen LogP contribution in [0.15, 0.2) is 46.3 Å². The number of hydrogen-bond donors (Lipinski definition) is 1. The van der Waals surface area contributed by atoms with Crippen LogP contribution in [0.3, 0.4) is 0 Å². The number of carbonyl (C=O) groups is 1. The fourth-order valence-electron chi connectivity index (χ4n) is 4.11. The number of rotatable bonds is 3. The number of halogens is 3. The lowest BCUT2D eigenvalue weighted by molar-refractivity contribution is -0.115. The summed E-state index contributed by atoms with van der Waals surface area (Å²) in [5, 5.41) is 3.74. The van der Waals surface area contributed by atoms with Crippen molar-refractivity contribution in [2.24, 2.45) is 4.99 Å². The van der Waals surface area contributed by atoms with Crippen LogP contribution in [0.1, 0.15) is 38.8 Å². The van der Waals surface area contributed by atoms with E-state index in [2.05, 4.69) is 42.1 Å². The van der Waals surface area contributed by atoms with Gasteiger partial charge in [-0.25, -0.2) is 9.38 Å². The molecule has 0 saturated carbocycles. The van der Waals surface area contributed by atoms with Crippen LogP contribution in [0.2, 0.25) is 10.0 Å². The first kappa shape index (κ1) is 22.9. The monoisotopic (exact) mass is 489 g/mol. The fourth-order valence-corrected chi connectivity index (χ4v) is 5.28. The third-order valence-electron chi connectivity index (χ3n) is 5.50. The number of allylic oxidation sites excluding steroid dienone is 1. The Morgan fingerprint density at radius 2 is 2.03 bits per heavy atom. The number of amides is 1. The highest BCUT2D eigenvalue weighted by molar-refractivity contribution is 8.18. The summed E-state index contributed by atoms with van der Waals surface area (Å²) >= 11 is 13.4. The van der Waals surface area contributed by atoms with Gasteiger partial charge in [-0.3, -0.25) is 4.79 Å². The fraction of sp³-hybridized carbons (Fsp3) is 0.250. The molecule has 1 amide bonds. The molecule has 0 bridgehead atoms. The van der Waals surface area contributed by atoms with E-state index >= 15 is 4.39 Å². The molecular weight excluding hydrogens is 468 g/mol. The first-order valence-electron chi connectivity index (χ1n) is 10.2. The number of hydrogen-bond acceptors (Lipinski definition) is 4. The van der Waals surface area contributed by atoms with Gasteiger partial charge in [0.25, 0.3) is 5.91 Å². The quantitative estimate of drug-likeness (QED) is 0.469. The molecule has 1 saturated heterocycles. The standard InChI is InChI=1S/C24H22Cl2FN3OS/c1-5-30-19-11-17(27)14(9-15(19)13(2)12-24(30,3)4)10-20-22(31)29-23(32-20)28-18-8-6-7-16(25)21(18)26/h6-12H,5H2,1-4H3,(H,28,29,31)/b20-10+. The summed E-state index contributed by atoms with van der Waals surface area (Å²) in [6.45, 7) is 9.07. The number of carbonyl (C=O) groups excluding carboxylic acids is 1. The van der Waals surface area contributed by atoms with Gasteiger partial charge in [-0.05, 0) is 75.4 Å². The Hall–Kier alpha value is -2.28. The van der Waals surface area contributed by atoms with Crippen molar-refractivity contribution in [1.29, 1.82) is 0 Å². The molecule has 1 fully saturated rings. The molecule has 166 valence electrons. The maximum atomic E-state index is 15.1. The molecule has 0 aliphatic carbocycles. The van der Waals surface area contributed by atoms with Crippen molar-refractivity contribution < 1.29 is 9.18 Å². The summed E-state index contributed by atoms with van der Waals surface area (Å²) in [6.07, 6.45) is 3.74. The number of anilines is 1. The second-order valence-corrected chi connectivity index (χ2v) is 9.99. The molecule has 2 aromatic carbocycles. The van der Waals surface area contributed by atoms with E-state index in [1.54, 1.807) is 36.4 Å². The smallest absolute Gasteiger partial charge is 0.264 e. The van der Waals surface area contributed by atoms with E-state index in [1.807, 2.05) is 6.92 Å². The van der Waals surface area contributed by atoms with Gasteiger partial charge in [0, 0.05) is 23.4 Å². The highest BCUT2D eigenvalue weighted by Gasteiger charge is 2.31. The van der Waals surface area contributed by atoms with E-state index in [0.29, 0.717) is 31.4 Å². The molecule has 0 unspecified atom stereocenters. The molecule has 2 aromatic rings. The third-order valence-corrected chi connectivity index (χ3v) is 7.22. The highest BCUT2D eigenvalue weighted by Crippen LogP contribution is 2.41. The molecule has 8 heteroatoms. The Balaban J connectivity index is 1.69. The minimum Gasteiger partial charge on any atom is -0.363 e. The van der Waals surface area contributed by atoms with Crippen molar-refractivity contribution in [2.75, 3.05) is 11.4 Å². The molecule has 0 aromatic heterocycles. The first-order valence-corrected chi connectivity index (χ1v) is 11.7. The Labute approximate surface area is 201 Å². The number of thioether (sulfide) groups is 1. The Morgan fingerprint density at radius 3 is 2.75 bits per heavy atom. The molecule has 4 nitrogen and oxygen atoms in total. The summed E-state index contributed by atoms with van der Waals surface area (Å²) in [7, 11) is 0. The number of nitrogens with one attached hydrogen (secondary N) is 1. The third kappa shape index (κ3) is 4.19. The van der Waals surface area contributed by atoms with Gasteiger partial charge in [-0.1, -0.05) is 35.3 Å². The van der Waals surface area contributed by atoms with Crippen molar-refractivity contribution in [2.45, 2.75) is 33.2 Å². The van der Waals surface area contributed by atoms with Gasteiger partial charge in [-0.15, -0.1) is 0 Å². The molecule has 0 radical (unpaired) electrons. The number of aliphatic imine (C=N–C) groups is 1. The lowest BCUT2D eigenvalue weighted by Gasteiger charge is -2.42. The predicted molar refractivity (Wildman–Crippen MR) is 134 cm³/mol. The maximum Gasteiger partial charge on any atom is 0.264 e. The van der Waals surface area contributed by atoms with Crippen LogP contribution < -0.4 is 10.2 Å². The van der Waals surface area contributed by atoms with Gasteiger partial charge in [0.1, 0.15) is 5.82 Å². The summed E-state index contributed by atoms with van der Waals surface area (Å²) in [5.41, 5.74) is 3.50. The van der Waals surface area contributed by atoms with Crippen LogP contribution in [0.4, 0.5) is 15.8 Å². The largest absolute Gasteiger partial charge is 0.363 e. The SMILES string of the molecule is CCN1c2cc(F)c(/C=C3/SC(=Nc4cccc(Cl)c4Cl)NC3=O)cc2C(C)=CC1(C)C. The van der Waals surface area contributed by atoms with Crippen LogP contribution in [0.5, 0.6) is 0 Å². The minimum absolute atomic E-state index is 0.202. The molecule has 32 heavy (non-hydrogen) atoms. The summed E-state index contributed by atoms with van der Waals surface area (Å²) in [4.78, 5) is 19.4. The Morgan fingerprint density at radius 1 is 1.28 bits per heavy atom. The normalized spacial score (nSPS) is 19.9. The summed E-state index contributed by atoms with van der Waals surface area (Å²) < 4.78 is 15.1. The zero-order valence-electron chi connectivity index (χ0n) is 18.1. The number of likely N-dealkylation sites (N-methyl/N-ethyl adjacent to an activating group) is 1. The molecule has 2 heterocycles. The maximum absolute atomic E-state index is 15.1. The van der Waals surface area contributed by atoms with Crippen molar-refractivity contribution in [3.8, 4) is 0 Å². The number of amidine groups is 1. The average molecular weight is 490 g/mol. The van der Waals surface area contributed by atoms with Crippen molar-refractivity contribution >= 4 is 69.1 Å². The van der Waals surface area contributed by atoms with Gasteiger partial charge < -0.3 is 10.2 Å². The van der Waals surface area contributed by atoms with Crippen molar-refractivity contribution in [3.05, 3.63) is 68.3 Å². The second-order valence-electron chi connectivity index (χ2n) is 8.17. The lowest BCUT2D eigenvalue weighted by Crippen LogP contribution is -2.45. The zero-order chi connectivity index (χ0) is 23.2. The molecule has 0 spiro atoms. The van der Waals surface area contributed by atoms with Crippen LogP contribution in [0.25, 0.3) is 11.6 Å². The average Bonchev–Trinajstić information content (AvgIpc) is 3.05. The van der Waals surface area contributed by atoms with Crippen LogP contribution in [0, 0.1) is 5.82 Å². The molecular formula is C24H22Cl2FN3OS. The molecule has 2 aliphatic rings. The van der Waals surface area contributed by atoms with Gasteiger partial charge in [0.15, 0.2) is 5.17 Å². The van der Waals surface area contributed by atoms with Crippen molar-refractivity contribution in [1.82, 2.24) is 5.32 Å². The molecule has 1 N–H and O–H groups in total. The van der Waals surface area contributed by atoms with E-state index in [0.717, 1.165) is 35.1 Å². The first-order chi connectivity index (χ1) is 15.1. The zero-order valence-corrected chi connectivity index (χ0v) is 20.4. The lowest BCUT2D eigenvalue weighted by atomic mass is 9.88. The number of benzene rings is 2. The van der Waals surface area contributed by atoms with Gasteiger partial charge in [0.2, 0.25) is 0 Å². The van der Waals surface area contributed by atoms with Crippen LogP contribution in [-0.2, 0) is 4.79 Å². The van der Waals surface area contributed by atoms with E-state index < -0.39 is 0 Å². The van der Waals surface area contributed by atoms with Gasteiger partial charge in [0.05, 0.1) is 26.2 Å². The predicted octanol–water partition coefficient (Wildman–Crippen LogP) is 7.05. The van der Waals surface area contributed by atoms with Crippen LogP contribution >= 0.6 is 35.0 Å². The van der Waals surface area contributed by atoms with Crippen LogP contribution in [-0.4, -0.2) is 23.2 Å². The van der Waals surface area contributed by atoms with E-state index in [-0.39, 0.29) is 17.3 Å². The topological polar surface area (TPSA) is 44.7 Å². The van der Waals surface area contributed by atoms with Gasteiger partial charge >= 0.3 is 0 Å². The molecule has 4 rings (SSSR count). The summed E-state index contributed by atoms with van der Waals surface area (Å²) in [5.74, 6) is -0.718. The molecule has 2 aliphatic heterocycles. The van der Waals surface area contributed by atoms with E-state index in [4.69, 9.17) is 23.2 Å². The summed E-state index contributed by atoms with van der Waals surface area (Å²) in [6, 6.07) is 8.45. The highest BCUT2D eigenvalue weighted by atomic mass is 35.5. The Kier molecular flexibility index (Phi) is 6.14. The Bertz CT molecular complexity index is 1220. The number of fused-ring (bicyclic) bond motifs is 1. The van der Waals surface area contributed by atoms with E-state index in [1.165, 1.54) is 0 Å². The minimum atomic E-state index is -0.378. The number of nitrogens with zero attached hydrogens (tertiary/aromatic N) is 2. The molecule has 0 atom stereocenters. The second kappa shape index (κ2) is 8.58. The van der Waals surface area contributed by atoms with Crippen molar-refractivity contribution in [3.63, 3.8) is 0 Å². The van der Waals surface area contributed by atoms with Gasteiger partial charge in [-0.2, -0.15) is 0 Å². The van der Waals surface area contributed by atoms with E-state index in [9.17, 15) is 4.79 Å².